The van der Waals surface area contributed by atoms with Gasteiger partial charge in [0.2, 0.25) is 0 Å². The van der Waals surface area contributed by atoms with E-state index in [0.717, 1.165) is 5.56 Å². The second kappa shape index (κ2) is 6.59. The van der Waals surface area contributed by atoms with Gasteiger partial charge in [0.25, 0.3) is 0 Å². The van der Waals surface area contributed by atoms with Gasteiger partial charge in [-0.15, -0.1) is 0 Å². The number of methoxy groups -OCH3 is 1. The van der Waals surface area contributed by atoms with E-state index in [1.165, 1.54) is 25.3 Å². The van der Waals surface area contributed by atoms with Crippen LogP contribution in [-0.4, -0.2) is 14.2 Å². The van der Waals surface area contributed by atoms with Gasteiger partial charge in [-0.1, -0.05) is 36.4 Å². The van der Waals surface area contributed by atoms with E-state index < -0.39 is 23.8 Å². The van der Waals surface area contributed by atoms with Crippen LogP contribution in [0, 0.1) is 11.6 Å². The maximum absolute atomic E-state index is 14.0. The van der Waals surface area contributed by atoms with Crippen LogP contribution in [0.15, 0.2) is 48.5 Å². The Morgan fingerprint density at radius 1 is 0.950 bits per heavy atom. The molecule has 2 rings (SSSR count). The van der Waals surface area contributed by atoms with Crippen LogP contribution in [-0.2, 0) is 4.74 Å². The van der Waals surface area contributed by atoms with Crippen molar-refractivity contribution in [1.82, 2.24) is 5.32 Å². The van der Waals surface area contributed by atoms with Crippen molar-refractivity contribution in [3.05, 3.63) is 71.3 Å². The Balaban J connectivity index is 2.45. The van der Waals surface area contributed by atoms with Crippen LogP contribution in [0.3, 0.4) is 0 Å². The van der Waals surface area contributed by atoms with Crippen LogP contribution in [0.1, 0.15) is 23.3 Å². The van der Waals surface area contributed by atoms with Gasteiger partial charge in [0.05, 0.1) is 6.04 Å². The summed E-state index contributed by atoms with van der Waals surface area (Å²) in [6.07, 6.45) is -0.479. The monoisotopic (exact) mass is 277 g/mol. The van der Waals surface area contributed by atoms with Crippen LogP contribution in [0.25, 0.3) is 0 Å². The highest BCUT2D eigenvalue weighted by molar-refractivity contribution is 5.28. The topological polar surface area (TPSA) is 21.3 Å². The molecule has 0 fully saturated rings. The Bertz CT molecular complexity index is 539. The summed E-state index contributed by atoms with van der Waals surface area (Å²) in [5.74, 6) is -1.16. The van der Waals surface area contributed by atoms with Crippen LogP contribution in [0.5, 0.6) is 0 Å². The van der Waals surface area contributed by atoms with Gasteiger partial charge in [0.1, 0.15) is 17.7 Å². The average molecular weight is 277 g/mol. The first kappa shape index (κ1) is 14.6. The fourth-order valence-electron chi connectivity index (χ4n) is 2.36. The summed E-state index contributed by atoms with van der Waals surface area (Å²) < 4.78 is 33.4. The quantitative estimate of drug-likeness (QED) is 0.901. The molecule has 106 valence electrons. The molecule has 0 saturated heterocycles. The van der Waals surface area contributed by atoms with Crippen molar-refractivity contribution in [1.29, 1.82) is 0 Å². The third-order valence-electron chi connectivity index (χ3n) is 3.31. The molecule has 0 saturated carbocycles. The van der Waals surface area contributed by atoms with Crippen molar-refractivity contribution in [2.24, 2.45) is 0 Å². The van der Waals surface area contributed by atoms with Crippen molar-refractivity contribution in [3.8, 4) is 0 Å². The molecule has 4 heteroatoms. The van der Waals surface area contributed by atoms with Gasteiger partial charge in [-0.05, 0) is 24.7 Å². The fourth-order valence-corrected chi connectivity index (χ4v) is 2.36. The minimum Gasteiger partial charge on any atom is -0.375 e. The highest BCUT2D eigenvalue weighted by atomic mass is 19.1. The Morgan fingerprint density at radius 3 is 2.05 bits per heavy atom. The molecular formula is C16H17F2NO. The van der Waals surface area contributed by atoms with Crippen molar-refractivity contribution >= 4 is 0 Å². The van der Waals surface area contributed by atoms with E-state index in [9.17, 15) is 8.78 Å². The standard InChI is InChI=1S/C16H17F2NO/c1-19-15(14-12(17)9-6-10-13(14)18)16(20-2)11-7-4-3-5-8-11/h3-10,15-16,19H,1-2H3. The van der Waals surface area contributed by atoms with Gasteiger partial charge in [0.15, 0.2) is 0 Å². The van der Waals surface area contributed by atoms with E-state index in [-0.39, 0.29) is 5.56 Å². The molecule has 2 aromatic carbocycles. The van der Waals surface area contributed by atoms with Crippen LogP contribution < -0.4 is 5.32 Å². The zero-order valence-corrected chi connectivity index (χ0v) is 11.4. The molecule has 0 aliphatic carbocycles. The molecule has 0 aliphatic rings. The Labute approximate surface area is 117 Å². The minimum absolute atomic E-state index is 0.00861. The van der Waals surface area contributed by atoms with E-state index in [0.29, 0.717) is 0 Å². The number of nitrogens with one attached hydrogen (secondary N) is 1. The molecule has 20 heavy (non-hydrogen) atoms. The molecule has 2 atom stereocenters. The van der Waals surface area contributed by atoms with Gasteiger partial charge in [-0.3, -0.25) is 0 Å². The first-order valence-electron chi connectivity index (χ1n) is 6.38. The molecule has 0 radical (unpaired) electrons. The number of ether oxygens (including phenoxy) is 1. The van der Waals surface area contributed by atoms with Crippen molar-refractivity contribution in [3.63, 3.8) is 0 Å². The molecule has 2 aromatic rings. The first-order valence-corrected chi connectivity index (χ1v) is 6.38. The SMILES string of the molecule is CNC(c1c(F)cccc1F)C(OC)c1ccccc1. The highest BCUT2D eigenvalue weighted by Gasteiger charge is 2.28. The molecule has 0 aliphatic heterocycles. The molecule has 0 heterocycles. The third-order valence-corrected chi connectivity index (χ3v) is 3.31. The summed E-state index contributed by atoms with van der Waals surface area (Å²) in [5.41, 5.74) is 0.850. The lowest BCUT2D eigenvalue weighted by molar-refractivity contribution is 0.0677. The Morgan fingerprint density at radius 2 is 1.55 bits per heavy atom. The summed E-state index contributed by atoms with van der Waals surface area (Å²) in [5, 5.41) is 2.94. The number of rotatable bonds is 5. The predicted molar refractivity (Wildman–Crippen MR) is 74.4 cm³/mol. The maximum Gasteiger partial charge on any atom is 0.131 e. The van der Waals surface area contributed by atoms with Gasteiger partial charge >= 0.3 is 0 Å². The lowest BCUT2D eigenvalue weighted by Gasteiger charge is -2.27. The van der Waals surface area contributed by atoms with Crippen LogP contribution >= 0.6 is 0 Å². The summed E-state index contributed by atoms with van der Waals surface area (Å²) >= 11 is 0. The molecule has 0 spiro atoms. The predicted octanol–water partition coefficient (Wildman–Crippen LogP) is 3.61. The average Bonchev–Trinajstić information content (AvgIpc) is 2.47. The van der Waals surface area contributed by atoms with Crippen LogP contribution in [0.2, 0.25) is 0 Å². The molecule has 2 nitrogen and oxygen atoms in total. The summed E-state index contributed by atoms with van der Waals surface area (Å²) in [6, 6.07) is 12.6. The number of hydrogen-bond acceptors (Lipinski definition) is 2. The normalized spacial score (nSPS) is 14.0. The summed E-state index contributed by atoms with van der Waals surface area (Å²) in [4.78, 5) is 0. The Kier molecular flexibility index (Phi) is 4.82. The van der Waals surface area contributed by atoms with Gasteiger partial charge < -0.3 is 10.1 Å². The number of halogens is 2. The lowest BCUT2D eigenvalue weighted by Crippen LogP contribution is -2.27. The molecule has 0 aromatic heterocycles. The second-order valence-corrected chi connectivity index (χ2v) is 4.47. The van der Waals surface area contributed by atoms with E-state index >= 15 is 0 Å². The van der Waals surface area contributed by atoms with Gasteiger partial charge in [-0.2, -0.15) is 0 Å². The zero-order chi connectivity index (χ0) is 14.5. The van der Waals surface area contributed by atoms with Crippen LogP contribution in [0.4, 0.5) is 8.78 Å². The van der Waals surface area contributed by atoms with E-state index in [4.69, 9.17) is 4.74 Å². The van der Waals surface area contributed by atoms with E-state index in [2.05, 4.69) is 5.32 Å². The molecule has 2 unspecified atom stereocenters. The van der Waals surface area contributed by atoms with Crippen molar-refractivity contribution in [2.45, 2.75) is 12.1 Å². The largest absolute Gasteiger partial charge is 0.375 e. The highest BCUT2D eigenvalue weighted by Crippen LogP contribution is 2.33. The summed E-state index contributed by atoms with van der Waals surface area (Å²) in [6.45, 7) is 0. The van der Waals surface area contributed by atoms with E-state index in [1.807, 2.05) is 30.3 Å². The van der Waals surface area contributed by atoms with Gasteiger partial charge in [0, 0.05) is 12.7 Å². The zero-order valence-electron chi connectivity index (χ0n) is 11.4. The fraction of sp³-hybridized carbons (Fsp3) is 0.250. The molecule has 0 bridgehead atoms. The minimum atomic E-state index is -0.608. The smallest absolute Gasteiger partial charge is 0.131 e. The number of likely N-dealkylation sites (N-methyl/N-ethyl adjacent to an activating group) is 1. The molecular weight excluding hydrogens is 260 g/mol. The molecule has 0 amide bonds. The lowest BCUT2D eigenvalue weighted by atomic mass is 9.95. The number of hydrogen-bond donors (Lipinski definition) is 1. The second-order valence-electron chi connectivity index (χ2n) is 4.47. The van der Waals surface area contributed by atoms with Gasteiger partial charge in [-0.25, -0.2) is 8.78 Å². The van der Waals surface area contributed by atoms with Crippen molar-refractivity contribution < 1.29 is 13.5 Å². The number of benzene rings is 2. The molecule has 1 N–H and O–H groups in total. The Hall–Kier alpha value is -1.78. The van der Waals surface area contributed by atoms with Crippen molar-refractivity contribution in [2.75, 3.05) is 14.2 Å². The van der Waals surface area contributed by atoms with E-state index in [1.54, 1.807) is 7.05 Å². The summed E-state index contributed by atoms with van der Waals surface area (Å²) in [7, 11) is 3.19. The maximum atomic E-state index is 14.0. The third kappa shape index (κ3) is 2.86. The first-order chi connectivity index (χ1) is 9.69.